The average Bonchev–Trinajstić information content (AvgIpc) is 3.64. The molecular formula is C33H30F3IN4. The Morgan fingerprint density at radius 1 is 1.15 bits per heavy atom. The molecule has 0 unspecified atom stereocenters. The lowest BCUT2D eigenvalue weighted by molar-refractivity contribution is 0.0131. The van der Waals surface area contributed by atoms with Crippen molar-refractivity contribution in [2.75, 3.05) is 19.6 Å². The van der Waals surface area contributed by atoms with Crippen molar-refractivity contribution in [3.05, 3.63) is 124 Å². The molecule has 1 aliphatic heterocycles. The molecule has 2 aromatic heterocycles. The Kier molecular flexibility index (Phi) is 8.51. The van der Waals surface area contributed by atoms with Gasteiger partial charge in [-0.15, -0.1) is 0 Å². The van der Waals surface area contributed by atoms with Crippen LogP contribution >= 0.6 is 22.6 Å². The highest BCUT2D eigenvalue weighted by Gasteiger charge is 2.37. The summed E-state index contributed by atoms with van der Waals surface area (Å²) in [5.41, 5.74) is 7.79. The Morgan fingerprint density at radius 2 is 1.98 bits per heavy atom. The maximum atomic E-state index is 14.0. The van der Waals surface area contributed by atoms with E-state index in [0.29, 0.717) is 13.1 Å². The van der Waals surface area contributed by atoms with E-state index in [-0.39, 0.29) is 18.8 Å². The Balaban J connectivity index is 1.49. The van der Waals surface area contributed by atoms with E-state index in [4.69, 9.17) is 0 Å². The molecule has 0 radical (unpaired) electrons. The van der Waals surface area contributed by atoms with Crippen molar-refractivity contribution in [3.8, 4) is 11.4 Å². The molecule has 1 saturated heterocycles. The first-order chi connectivity index (χ1) is 19.7. The van der Waals surface area contributed by atoms with Crippen molar-refractivity contribution < 1.29 is 13.2 Å². The van der Waals surface area contributed by atoms with Crippen molar-refractivity contribution in [3.63, 3.8) is 0 Å². The fourth-order valence-corrected chi connectivity index (χ4v) is 5.91. The normalized spacial score (nSPS) is 16.5. The van der Waals surface area contributed by atoms with Gasteiger partial charge in [-0.3, -0.25) is 10.00 Å². The first kappa shape index (κ1) is 28.9. The second-order valence-electron chi connectivity index (χ2n) is 10.1. The van der Waals surface area contributed by atoms with Crippen LogP contribution in [0, 0.1) is 9.52 Å². The van der Waals surface area contributed by atoms with Gasteiger partial charge in [0.25, 0.3) is 5.92 Å². The number of nitrogens with zero attached hydrogens (tertiary/aromatic N) is 2. The minimum atomic E-state index is -2.63. The number of benzene rings is 2. The standard InChI is InChI=1S/C33H30F3IN4/c1-4-8-26(24-9-7-10-25(34)16-24)27-18-30(38-32(27)37)31-28-17-23(11-12-29(28)39-40-31)22(6-3)15-21(5-2)19-41-14-13-33(35,36)20-41/h4-12,15-18,38H,1-2,13-14,19-20H2,3H3,(H,39,40)/b21-15+,22-6+,26-8-. The number of allylic oxidation sites excluding steroid dienone is 5. The number of aromatic nitrogens is 3. The van der Waals surface area contributed by atoms with E-state index in [1.54, 1.807) is 23.1 Å². The van der Waals surface area contributed by atoms with Crippen LogP contribution in [-0.4, -0.2) is 45.6 Å². The molecule has 4 aromatic rings. The van der Waals surface area contributed by atoms with Crippen molar-refractivity contribution in [1.82, 2.24) is 20.1 Å². The second-order valence-corrected chi connectivity index (χ2v) is 11.1. The van der Waals surface area contributed by atoms with Gasteiger partial charge in [0.2, 0.25) is 0 Å². The highest BCUT2D eigenvalue weighted by atomic mass is 127. The highest BCUT2D eigenvalue weighted by Crippen LogP contribution is 2.35. The molecule has 8 heteroatoms. The topological polar surface area (TPSA) is 47.7 Å². The second kappa shape index (κ2) is 12.1. The Labute approximate surface area is 251 Å². The third-order valence-electron chi connectivity index (χ3n) is 7.20. The summed E-state index contributed by atoms with van der Waals surface area (Å²) in [6, 6.07) is 14.6. The summed E-state index contributed by atoms with van der Waals surface area (Å²) in [5, 5.41) is 8.66. The molecule has 5 rings (SSSR count). The van der Waals surface area contributed by atoms with Crippen molar-refractivity contribution in [2.24, 2.45) is 0 Å². The number of aromatic amines is 2. The van der Waals surface area contributed by atoms with Gasteiger partial charge in [-0.05, 0) is 87.7 Å². The third-order valence-corrected chi connectivity index (χ3v) is 8.05. The summed E-state index contributed by atoms with van der Waals surface area (Å²) < 4.78 is 42.4. The zero-order valence-corrected chi connectivity index (χ0v) is 24.8. The molecule has 2 aromatic carbocycles. The summed E-state index contributed by atoms with van der Waals surface area (Å²) in [7, 11) is 0. The van der Waals surface area contributed by atoms with Crippen LogP contribution in [0.3, 0.4) is 0 Å². The number of nitrogens with one attached hydrogen (secondary N) is 2. The molecule has 1 fully saturated rings. The minimum absolute atomic E-state index is 0.111. The Morgan fingerprint density at radius 3 is 2.66 bits per heavy atom. The van der Waals surface area contributed by atoms with E-state index in [9.17, 15) is 13.2 Å². The number of alkyl halides is 2. The van der Waals surface area contributed by atoms with E-state index in [1.807, 2.05) is 49.4 Å². The van der Waals surface area contributed by atoms with Gasteiger partial charge in [0.05, 0.1) is 21.5 Å². The van der Waals surface area contributed by atoms with E-state index in [2.05, 4.69) is 57.0 Å². The molecule has 0 aliphatic carbocycles. The molecule has 0 amide bonds. The summed E-state index contributed by atoms with van der Waals surface area (Å²) >= 11 is 2.24. The fraction of sp³-hybridized carbons (Fsp3) is 0.182. The molecule has 0 spiro atoms. The quantitative estimate of drug-likeness (QED) is 0.139. The van der Waals surface area contributed by atoms with Gasteiger partial charge in [0.15, 0.2) is 0 Å². The van der Waals surface area contributed by atoms with Crippen LogP contribution in [0.2, 0.25) is 0 Å². The van der Waals surface area contributed by atoms with Crippen LogP contribution < -0.4 is 0 Å². The first-order valence-corrected chi connectivity index (χ1v) is 14.3. The molecule has 2 N–H and O–H groups in total. The summed E-state index contributed by atoms with van der Waals surface area (Å²) in [4.78, 5) is 5.21. The Bertz CT molecular complexity index is 1710. The van der Waals surface area contributed by atoms with Crippen LogP contribution in [0.1, 0.15) is 30.0 Å². The summed E-state index contributed by atoms with van der Waals surface area (Å²) in [5.74, 6) is -2.94. The van der Waals surface area contributed by atoms with Crippen LogP contribution in [0.4, 0.5) is 13.2 Å². The SMILES string of the molecule is C=C/C=C(/c1cccc(F)c1)c1cc(-c2n[nH]c3ccc(C(/C=C(\C=C)CN4CCC(F)(F)C4)=C/C)cc23)[nH]c1I. The number of hydrogen-bond acceptors (Lipinski definition) is 2. The summed E-state index contributed by atoms with van der Waals surface area (Å²) in [6.45, 7) is 10.3. The number of rotatable bonds is 9. The molecule has 4 nitrogen and oxygen atoms in total. The first-order valence-electron chi connectivity index (χ1n) is 13.3. The lowest BCUT2D eigenvalue weighted by atomic mass is 9.98. The van der Waals surface area contributed by atoms with Crippen LogP contribution in [0.15, 0.2) is 97.6 Å². The number of fused-ring (bicyclic) bond motifs is 1. The van der Waals surface area contributed by atoms with E-state index >= 15 is 0 Å². The van der Waals surface area contributed by atoms with E-state index in [1.165, 1.54) is 12.1 Å². The average molecular weight is 667 g/mol. The predicted molar refractivity (Wildman–Crippen MR) is 170 cm³/mol. The maximum absolute atomic E-state index is 14.0. The van der Waals surface area contributed by atoms with Gasteiger partial charge in [-0.25, -0.2) is 13.2 Å². The van der Waals surface area contributed by atoms with Crippen LogP contribution in [0.25, 0.3) is 33.4 Å². The zero-order chi connectivity index (χ0) is 29.1. The zero-order valence-electron chi connectivity index (χ0n) is 22.7. The molecular weight excluding hydrogens is 636 g/mol. The molecule has 210 valence electrons. The molecule has 1 aliphatic rings. The van der Waals surface area contributed by atoms with Gasteiger partial charge >= 0.3 is 0 Å². The van der Waals surface area contributed by atoms with Crippen molar-refractivity contribution >= 4 is 44.6 Å². The van der Waals surface area contributed by atoms with Gasteiger partial charge < -0.3 is 4.98 Å². The lowest BCUT2D eigenvalue weighted by Gasteiger charge is -2.16. The number of likely N-dealkylation sites (tertiary alicyclic amines) is 1. The third kappa shape index (κ3) is 6.33. The number of H-pyrrole nitrogens is 2. The number of hydrogen-bond donors (Lipinski definition) is 2. The number of halogens is 4. The van der Waals surface area contributed by atoms with Gasteiger partial charge in [-0.1, -0.05) is 61.7 Å². The monoisotopic (exact) mass is 666 g/mol. The lowest BCUT2D eigenvalue weighted by Crippen LogP contribution is -2.26. The maximum Gasteiger partial charge on any atom is 0.261 e. The van der Waals surface area contributed by atoms with Gasteiger partial charge in [-0.2, -0.15) is 5.10 Å². The van der Waals surface area contributed by atoms with Crippen molar-refractivity contribution in [1.29, 1.82) is 0 Å². The fourth-order valence-electron chi connectivity index (χ4n) is 5.17. The largest absolute Gasteiger partial charge is 0.348 e. The van der Waals surface area contributed by atoms with E-state index < -0.39 is 5.92 Å². The molecule has 0 saturated carbocycles. The molecule has 41 heavy (non-hydrogen) atoms. The molecule has 3 heterocycles. The predicted octanol–water partition coefficient (Wildman–Crippen LogP) is 8.78. The highest BCUT2D eigenvalue weighted by molar-refractivity contribution is 14.1. The smallest absolute Gasteiger partial charge is 0.261 e. The van der Waals surface area contributed by atoms with Crippen LogP contribution in [-0.2, 0) is 0 Å². The minimum Gasteiger partial charge on any atom is -0.348 e. The van der Waals surface area contributed by atoms with Gasteiger partial charge in [0.1, 0.15) is 11.5 Å². The molecule has 0 bridgehead atoms. The molecule has 0 atom stereocenters. The van der Waals surface area contributed by atoms with Gasteiger partial charge in [0, 0.05) is 30.5 Å². The Hall–Kier alpha value is -3.63. The van der Waals surface area contributed by atoms with Crippen molar-refractivity contribution in [2.45, 2.75) is 19.3 Å². The van der Waals surface area contributed by atoms with E-state index in [0.717, 1.165) is 59.4 Å². The summed E-state index contributed by atoms with van der Waals surface area (Å²) in [6.07, 6.45) is 9.20. The van der Waals surface area contributed by atoms with Crippen LogP contribution in [0.5, 0.6) is 0 Å².